The van der Waals surface area contributed by atoms with Crippen LogP contribution in [0.1, 0.15) is 11.1 Å². The summed E-state index contributed by atoms with van der Waals surface area (Å²) in [4.78, 5) is 0. The molecule has 2 aromatic rings. The highest BCUT2D eigenvalue weighted by Gasteiger charge is 2.02. The van der Waals surface area contributed by atoms with Gasteiger partial charge in [0.25, 0.3) is 0 Å². The molecule has 0 aromatic heterocycles. The Labute approximate surface area is 132 Å². The molecule has 0 amide bonds. The van der Waals surface area contributed by atoms with Crippen molar-refractivity contribution in [1.29, 1.82) is 0 Å². The Morgan fingerprint density at radius 2 is 1.67 bits per heavy atom. The molecule has 1 nitrogen and oxygen atoms in total. The van der Waals surface area contributed by atoms with Crippen LogP contribution in [0, 0.1) is 0 Å². The molecule has 0 aliphatic carbocycles. The van der Waals surface area contributed by atoms with Gasteiger partial charge in [0.15, 0.2) is 0 Å². The third-order valence-electron chi connectivity index (χ3n) is 2.48. The molecule has 0 saturated carbocycles. The molecule has 94 valence electrons. The van der Waals surface area contributed by atoms with E-state index in [-0.39, 0.29) is 0 Å². The highest BCUT2D eigenvalue weighted by molar-refractivity contribution is 9.11. The standard InChI is InChI=1S/C14H11Br3O/c15-8-11-7-13(5-6-14(11)17)18-9-10-1-3-12(16)4-2-10/h1-7H,8-9H2. The van der Waals surface area contributed by atoms with Crippen molar-refractivity contribution in [2.45, 2.75) is 11.9 Å². The summed E-state index contributed by atoms with van der Waals surface area (Å²) in [6.07, 6.45) is 0. The van der Waals surface area contributed by atoms with Gasteiger partial charge in [0, 0.05) is 14.3 Å². The number of ether oxygens (including phenoxy) is 1. The summed E-state index contributed by atoms with van der Waals surface area (Å²) >= 11 is 10.4. The van der Waals surface area contributed by atoms with Gasteiger partial charge in [-0.05, 0) is 41.5 Å². The highest BCUT2D eigenvalue weighted by atomic mass is 79.9. The minimum Gasteiger partial charge on any atom is -0.489 e. The lowest BCUT2D eigenvalue weighted by atomic mass is 10.2. The summed E-state index contributed by atoms with van der Waals surface area (Å²) in [5.74, 6) is 0.885. The van der Waals surface area contributed by atoms with Crippen LogP contribution in [-0.2, 0) is 11.9 Å². The third-order valence-corrected chi connectivity index (χ3v) is 4.39. The van der Waals surface area contributed by atoms with Crippen molar-refractivity contribution in [1.82, 2.24) is 0 Å². The Morgan fingerprint density at radius 1 is 0.944 bits per heavy atom. The second-order valence-corrected chi connectivity index (χ2v) is 6.13. The quantitative estimate of drug-likeness (QED) is 0.562. The monoisotopic (exact) mass is 432 g/mol. The highest BCUT2D eigenvalue weighted by Crippen LogP contribution is 2.25. The van der Waals surface area contributed by atoms with Crippen LogP contribution in [0.2, 0.25) is 0 Å². The van der Waals surface area contributed by atoms with Crippen LogP contribution in [0.5, 0.6) is 5.75 Å². The van der Waals surface area contributed by atoms with E-state index in [4.69, 9.17) is 4.74 Å². The molecule has 0 spiro atoms. The van der Waals surface area contributed by atoms with E-state index in [2.05, 4.69) is 47.8 Å². The van der Waals surface area contributed by atoms with Crippen molar-refractivity contribution in [3.05, 3.63) is 62.5 Å². The van der Waals surface area contributed by atoms with E-state index in [0.717, 1.165) is 25.6 Å². The third kappa shape index (κ3) is 3.84. The van der Waals surface area contributed by atoms with Crippen molar-refractivity contribution >= 4 is 47.8 Å². The SMILES string of the molecule is BrCc1cc(OCc2ccc(Br)cc2)ccc1Br. The predicted molar refractivity (Wildman–Crippen MR) is 85.2 cm³/mol. The Kier molecular flexibility index (Phi) is 5.27. The zero-order chi connectivity index (χ0) is 13.0. The predicted octanol–water partition coefficient (Wildman–Crippen LogP) is 5.69. The number of benzene rings is 2. The summed E-state index contributed by atoms with van der Waals surface area (Å²) in [5, 5.41) is 0.809. The van der Waals surface area contributed by atoms with E-state index >= 15 is 0 Å². The van der Waals surface area contributed by atoms with Gasteiger partial charge >= 0.3 is 0 Å². The van der Waals surface area contributed by atoms with E-state index in [1.807, 2.05) is 42.5 Å². The van der Waals surface area contributed by atoms with Crippen molar-refractivity contribution in [2.75, 3.05) is 0 Å². The van der Waals surface area contributed by atoms with Crippen molar-refractivity contribution < 1.29 is 4.74 Å². The molecule has 0 N–H and O–H groups in total. The first kappa shape index (κ1) is 14.1. The van der Waals surface area contributed by atoms with Gasteiger partial charge in [-0.1, -0.05) is 59.9 Å². The first-order chi connectivity index (χ1) is 8.69. The number of halogens is 3. The van der Waals surface area contributed by atoms with E-state index in [1.54, 1.807) is 0 Å². The van der Waals surface area contributed by atoms with E-state index in [9.17, 15) is 0 Å². The molecular formula is C14H11Br3O. The molecule has 0 aliphatic rings. The molecule has 0 bridgehead atoms. The van der Waals surface area contributed by atoms with Gasteiger partial charge in [-0.2, -0.15) is 0 Å². The number of alkyl halides is 1. The van der Waals surface area contributed by atoms with Gasteiger partial charge in [-0.25, -0.2) is 0 Å². The van der Waals surface area contributed by atoms with Crippen LogP contribution in [-0.4, -0.2) is 0 Å². The van der Waals surface area contributed by atoms with Crippen molar-refractivity contribution in [2.24, 2.45) is 0 Å². The van der Waals surface area contributed by atoms with Gasteiger partial charge < -0.3 is 4.74 Å². The lowest BCUT2D eigenvalue weighted by Gasteiger charge is -2.08. The maximum Gasteiger partial charge on any atom is 0.120 e. The topological polar surface area (TPSA) is 9.23 Å². The average Bonchev–Trinajstić information content (AvgIpc) is 2.39. The molecule has 0 heterocycles. The molecule has 2 rings (SSSR count). The fourth-order valence-corrected chi connectivity index (χ4v) is 2.98. The average molecular weight is 435 g/mol. The molecular weight excluding hydrogens is 424 g/mol. The Hall–Kier alpha value is -0.320. The summed E-state index contributed by atoms with van der Waals surface area (Å²) in [6, 6.07) is 14.2. The van der Waals surface area contributed by atoms with Gasteiger partial charge in [0.1, 0.15) is 12.4 Å². The second-order valence-electron chi connectivity index (χ2n) is 3.80. The molecule has 2 aromatic carbocycles. The van der Waals surface area contributed by atoms with E-state index in [0.29, 0.717) is 6.61 Å². The summed E-state index contributed by atoms with van der Waals surface area (Å²) in [6.45, 7) is 0.580. The maximum atomic E-state index is 5.77. The fraction of sp³-hybridized carbons (Fsp3) is 0.143. The van der Waals surface area contributed by atoms with Crippen molar-refractivity contribution in [3.8, 4) is 5.75 Å². The summed E-state index contributed by atoms with van der Waals surface area (Å²) < 4.78 is 7.95. The summed E-state index contributed by atoms with van der Waals surface area (Å²) in [7, 11) is 0. The van der Waals surface area contributed by atoms with Crippen LogP contribution in [0.4, 0.5) is 0 Å². The molecule has 0 aliphatic heterocycles. The number of hydrogen-bond acceptors (Lipinski definition) is 1. The Bertz CT molecular complexity index is 523. The molecule has 0 unspecified atom stereocenters. The number of hydrogen-bond donors (Lipinski definition) is 0. The molecule has 18 heavy (non-hydrogen) atoms. The van der Waals surface area contributed by atoms with E-state index < -0.39 is 0 Å². The molecule has 0 atom stereocenters. The zero-order valence-electron chi connectivity index (χ0n) is 9.50. The summed E-state index contributed by atoms with van der Waals surface area (Å²) in [5.41, 5.74) is 2.34. The van der Waals surface area contributed by atoms with Crippen molar-refractivity contribution in [3.63, 3.8) is 0 Å². The first-order valence-corrected chi connectivity index (χ1v) is 8.11. The maximum absolute atomic E-state index is 5.77. The largest absolute Gasteiger partial charge is 0.489 e. The Morgan fingerprint density at radius 3 is 2.33 bits per heavy atom. The van der Waals surface area contributed by atoms with Crippen LogP contribution in [0.15, 0.2) is 51.4 Å². The van der Waals surface area contributed by atoms with Gasteiger partial charge in [-0.3, -0.25) is 0 Å². The van der Waals surface area contributed by atoms with Crippen LogP contribution in [0.3, 0.4) is 0 Å². The lowest BCUT2D eigenvalue weighted by molar-refractivity contribution is 0.306. The lowest BCUT2D eigenvalue weighted by Crippen LogP contribution is -1.95. The van der Waals surface area contributed by atoms with Gasteiger partial charge in [0.2, 0.25) is 0 Å². The van der Waals surface area contributed by atoms with Crippen LogP contribution in [0.25, 0.3) is 0 Å². The Balaban J connectivity index is 2.04. The van der Waals surface area contributed by atoms with Crippen LogP contribution >= 0.6 is 47.8 Å². The fourth-order valence-electron chi connectivity index (χ4n) is 1.49. The first-order valence-electron chi connectivity index (χ1n) is 5.40. The number of rotatable bonds is 4. The molecule has 0 fully saturated rings. The zero-order valence-corrected chi connectivity index (χ0v) is 14.3. The minimum atomic E-state index is 0.580. The normalized spacial score (nSPS) is 10.4. The minimum absolute atomic E-state index is 0.580. The molecule has 0 saturated heterocycles. The van der Waals surface area contributed by atoms with Gasteiger partial charge in [0.05, 0.1) is 0 Å². The van der Waals surface area contributed by atoms with Crippen LogP contribution < -0.4 is 4.74 Å². The van der Waals surface area contributed by atoms with Gasteiger partial charge in [-0.15, -0.1) is 0 Å². The molecule has 0 radical (unpaired) electrons. The molecule has 4 heteroatoms. The van der Waals surface area contributed by atoms with E-state index in [1.165, 1.54) is 5.56 Å². The smallest absolute Gasteiger partial charge is 0.120 e. The second kappa shape index (κ2) is 6.73.